The Labute approximate surface area is 170 Å². The first kappa shape index (κ1) is 19.5. The highest BCUT2D eigenvalue weighted by atomic mass is 32.2. The number of rotatable bonds is 7. The first-order valence-electron chi connectivity index (χ1n) is 8.20. The lowest BCUT2D eigenvalue weighted by molar-refractivity contribution is -0.137. The van der Waals surface area contributed by atoms with Crippen molar-refractivity contribution < 1.29 is 22.1 Å². The van der Waals surface area contributed by atoms with E-state index in [2.05, 4.69) is 25.7 Å². The van der Waals surface area contributed by atoms with Crippen molar-refractivity contribution >= 4 is 28.2 Å². The summed E-state index contributed by atoms with van der Waals surface area (Å²) in [5.74, 6) is 1.48. The van der Waals surface area contributed by atoms with Gasteiger partial charge in [0.05, 0.1) is 24.1 Å². The van der Waals surface area contributed by atoms with Gasteiger partial charge >= 0.3 is 6.18 Å². The van der Waals surface area contributed by atoms with Crippen LogP contribution >= 0.6 is 23.1 Å². The minimum Gasteiger partial charge on any atom is -0.467 e. The van der Waals surface area contributed by atoms with Gasteiger partial charge in [-0.1, -0.05) is 40.4 Å². The molecule has 0 aliphatic rings. The van der Waals surface area contributed by atoms with E-state index in [1.807, 2.05) is 6.07 Å². The molecule has 0 saturated carbocycles. The summed E-state index contributed by atoms with van der Waals surface area (Å²) in [5.41, 5.74) is -0.528. The van der Waals surface area contributed by atoms with Crippen LogP contribution in [-0.2, 0) is 18.5 Å². The molecule has 150 valence electrons. The summed E-state index contributed by atoms with van der Waals surface area (Å²) in [4.78, 5) is 4.16. The van der Waals surface area contributed by atoms with Crippen molar-refractivity contribution in [3.05, 3.63) is 59.9 Å². The minimum absolute atomic E-state index is 0.102. The lowest BCUT2D eigenvalue weighted by Crippen LogP contribution is -2.04. The summed E-state index contributed by atoms with van der Waals surface area (Å²) in [6.07, 6.45) is -2.84. The van der Waals surface area contributed by atoms with Crippen LogP contribution in [0.3, 0.4) is 0 Å². The zero-order valence-corrected chi connectivity index (χ0v) is 16.1. The molecular weight excluding hydrogens is 427 g/mol. The van der Waals surface area contributed by atoms with Crippen molar-refractivity contribution in [3.63, 3.8) is 0 Å². The van der Waals surface area contributed by atoms with Crippen molar-refractivity contribution in [3.8, 4) is 11.4 Å². The summed E-state index contributed by atoms with van der Waals surface area (Å²) >= 11 is 2.69. The zero-order chi connectivity index (χ0) is 20.3. The molecule has 0 aliphatic carbocycles. The average Bonchev–Trinajstić information content (AvgIpc) is 3.46. The highest BCUT2D eigenvalue weighted by Crippen LogP contribution is 2.32. The van der Waals surface area contributed by atoms with Gasteiger partial charge in [-0.25, -0.2) is 0 Å². The summed E-state index contributed by atoms with van der Waals surface area (Å²) in [5, 5.41) is 15.6. The third kappa shape index (κ3) is 4.95. The second-order valence-corrected chi connectivity index (χ2v) is 7.88. The zero-order valence-electron chi connectivity index (χ0n) is 14.5. The topological polar surface area (TPSA) is 89.9 Å². The number of hydrogen-bond acceptors (Lipinski definition) is 9. The maximum Gasteiger partial charge on any atom is 0.416 e. The van der Waals surface area contributed by atoms with Crippen molar-refractivity contribution in [1.82, 2.24) is 20.3 Å². The summed E-state index contributed by atoms with van der Waals surface area (Å²) in [6, 6.07) is 8.44. The Hall–Kier alpha value is -2.86. The van der Waals surface area contributed by atoms with E-state index in [0.29, 0.717) is 21.8 Å². The van der Waals surface area contributed by atoms with Gasteiger partial charge in [-0.15, -0.1) is 10.2 Å². The molecule has 7 nitrogen and oxygen atoms in total. The predicted octanol–water partition coefficient (Wildman–Crippen LogP) is 5.10. The van der Waals surface area contributed by atoms with Crippen molar-refractivity contribution in [1.29, 1.82) is 0 Å². The highest BCUT2D eigenvalue weighted by molar-refractivity contribution is 8.00. The number of nitrogens with zero attached hydrogens (tertiary/aromatic N) is 4. The largest absolute Gasteiger partial charge is 0.467 e. The number of nitrogens with one attached hydrogen (secondary N) is 1. The fraction of sp³-hybridized carbons (Fsp3) is 0.176. The Bertz CT molecular complexity index is 1080. The van der Waals surface area contributed by atoms with Gasteiger partial charge in [-0.05, 0) is 24.3 Å². The fourth-order valence-corrected chi connectivity index (χ4v) is 3.89. The fourth-order valence-electron chi connectivity index (χ4n) is 2.30. The number of furan rings is 1. The molecule has 4 rings (SSSR count). The van der Waals surface area contributed by atoms with Crippen LogP contribution in [-0.4, -0.2) is 20.3 Å². The Kier molecular flexibility index (Phi) is 5.53. The number of anilines is 1. The van der Waals surface area contributed by atoms with Gasteiger partial charge in [0.2, 0.25) is 16.8 Å². The van der Waals surface area contributed by atoms with Gasteiger partial charge in [-0.3, -0.25) is 0 Å². The number of alkyl halides is 3. The molecule has 29 heavy (non-hydrogen) atoms. The van der Waals surface area contributed by atoms with Gasteiger partial charge < -0.3 is 14.3 Å². The average molecular weight is 439 g/mol. The second kappa shape index (κ2) is 8.25. The minimum atomic E-state index is -4.43. The molecule has 0 aliphatic heterocycles. The molecule has 0 bridgehead atoms. The normalized spacial score (nSPS) is 11.7. The summed E-state index contributed by atoms with van der Waals surface area (Å²) < 4.78 is 49.6. The molecule has 0 spiro atoms. The Balaban J connectivity index is 1.35. The van der Waals surface area contributed by atoms with Crippen LogP contribution in [0.4, 0.5) is 18.3 Å². The Morgan fingerprint density at radius 1 is 1.14 bits per heavy atom. The molecular formula is C17H12F3N5O2S2. The molecule has 0 unspecified atom stereocenters. The lowest BCUT2D eigenvalue weighted by atomic mass is 10.1. The van der Waals surface area contributed by atoms with Gasteiger partial charge in [0.1, 0.15) is 5.76 Å². The molecule has 0 atom stereocenters. The van der Waals surface area contributed by atoms with Crippen LogP contribution < -0.4 is 5.32 Å². The van der Waals surface area contributed by atoms with Crippen LogP contribution in [0.5, 0.6) is 0 Å². The van der Waals surface area contributed by atoms with Crippen molar-refractivity contribution in [2.45, 2.75) is 22.8 Å². The third-order valence-corrected chi connectivity index (χ3v) is 5.63. The summed E-state index contributed by atoms with van der Waals surface area (Å²) in [7, 11) is 0. The van der Waals surface area contributed by atoms with E-state index >= 15 is 0 Å². The molecule has 12 heteroatoms. The van der Waals surface area contributed by atoms with Crippen LogP contribution in [0.25, 0.3) is 11.4 Å². The Morgan fingerprint density at radius 2 is 2.03 bits per heavy atom. The molecule has 0 amide bonds. The number of benzene rings is 1. The van der Waals surface area contributed by atoms with Crippen LogP contribution in [0, 0.1) is 0 Å². The first-order chi connectivity index (χ1) is 14.0. The molecule has 0 radical (unpaired) electrons. The van der Waals surface area contributed by atoms with E-state index in [1.165, 1.54) is 35.2 Å². The number of aromatic nitrogens is 4. The molecule has 1 N–H and O–H groups in total. The number of thioether (sulfide) groups is 1. The van der Waals surface area contributed by atoms with Crippen LogP contribution in [0.1, 0.15) is 17.2 Å². The predicted molar refractivity (Wildman–Crippen MR) is 100 cm³/mol. The van der Waals surface area contributed by atoms with Crippen molar-refractivity contribution in [2.24, 2.45) is 0 Å². The first-order valence-corrected chi connectivity index (χ1v) is 10.0. The SMILES string of the molecule is FC(F)(F)c1cccc(-c2noc(CSc3nnc(NCc4ccco4)s3)n2)c1. The molecule has 0 fully saturated rings. The standard InChI is InChI=1S/C17H12F3N5O2S2/c18-17(19,20)11-4-1-3-10(7-11)14-22-13(27-25-14)9-28-16-24-23-15(29-16)21-8-12-5-2-6-26-12/h1-7H,8-9H2,(H,21,23). The maximum absolute atomic E-state index is 12.8. The molecule has 3 heterocycles. The third-order valence-electron chi connectivity index (χ3n) is 3.64. The molecule has 3 aromatic heterocycles. The van der Waals surface area contributed by atoms with E-state index < -0.39 is 11.7 Å². The van der Waals surface area contributed by atoms with E-state index in [0.717, 1.165) is 17.9 Å². The maximum atomic E-state index is 12.8. The van der Waals surface area contributed by atoms with E-state index in [9.17, 15) is 13.2 Å². The molecule has 1 aromatic carbocycles. The smallest absolute Gasteiger partial charge is 0.416 e. The van der Waals surface area contributed by atoms with Gasteiger partial charge in [0, 0.05) is 5.56 Å². The highest BCUT2D eigenvalue weighted by Gasteiger charge is 2.30. The monoisotopic (exact) mass is 439 g/mol. The van der Waals surface area contributed by atoms with Gasteiger partial charge in [0.15, 0.2) is 4.34 Å². The lowest BCUT2D eigenvalue weighted by Gasteiger charge is -2.06. The summed E-state index contributed by atoms with van der Waals surface area (Å²) in [6.45, 7) is 0.496. The van der Waals surface area contributed by atoms with E-state index in [-0.39, 0.29) is 17.3 Å². The van der Waals surface area contributed by atoms with Crippen LogP contribution in [0.15, 0.2) is 55.9 Å². The van der Waals surface area contributed by atoms with Gasteiger partial charge in [0.25, 0.3) is 0 Å². The van der Waals surface area contributed by atoms with E-state index in [4.69, 9.17) is 8.94 Å². The molecule has 0 saturated heterocycles. The number of hydrogen-bond donors (Lipinski definition) is 1. The van der Waals surface area contributed by atoms with Crippen LogP contribution in [0.2, 0.25) is 0 Å². The Morgan fingerprint density at radius 3 is 2.83 bits per heavy atom. The number of halogens is 3. The molecule has 4 aromatic rings. The van der Waals surface area contributed by atoms with Gasteiger partial charge in [-0.2, -0.15) is 18.2 Å². The van der Waals surface area contributed by atoms with E-state index in [1.54, 1.807) is 12.3 Å². The quantitative estimate of drug-likeness (QED) is 0.398. The van der Waals surface area contributed by atoms with Crippen molar-refractivity contribution in [2.75, 3.05) is 5.32 Å². The second-order valence-electron chi connectivity index (χ2n) is 5.69.